The minimum absolute atomic E-state index is 0.00112. The van der Waals surface area contributed by atoms with Crippen LogP contribution < -0.4 is 26.4 Å². The fourth-order valence-corrected chi connectivity index (χ4v) is 3.83. The predicted molar refractivity (Wildman–Crippen MR) is 147 cm³/mol. The van der Waals surface area contributed by atoms with Crippen molar-refractivity contribution in [2.45, 2.75) is 65.6 Å². The van der Waals surface area contributed by atoms with Crippen molar-refractivity contribution in [2.75, 3.05) is 17.7 Å². The molecular formula is C26H36FN9O4. The van der Waals surface area contributed by atoms with Gasteiger partial charge in [-0.25, -0.2) is 19.2 Å². The van der Waals surface area contributed by atoms with Crippen LogP contribution in [0.4, 0.5) is 26.5 Å². The van der Waals surface area contributed by atoms with Gasteiger partial charge in [0, 0.05) is 12.1 Å². The maximum Gasteiger partial charge on any atom is 0.407 e. The van der Waals surface area contributed by atoms with Gasteiger partial charge in [0.2, 0.25) is 5.88 Å². The van der Waals surface area contributed by atoms with E-state index < -0.39 is 35.5 Å². The molecule has 13 nitrogen and oxygen atoms in total. The second-order valence-corrected chi connectivity index (χ2v) is 10.6. The van der Waals surface area contributed by atoms with Crippen molar-refractivity contribution >= 4 is 29.3 Å². The maximum atomic E-state index is 15.2. The molecule has 3 aromatic heterocycles. The Morgan fingerprint density at radius 2 is 1.80 bits per heavy atom. The lowest BCUT2D eigenvalue weighted by molar-refractivity contribution is 0.0501. The molecule has 0 aliphatic rings. The first-order valence-corrected chi connectivity index (χ1v) is 12.7. The summed E-state index contributed by atoms with van der Waals surface area (Å²) in [7, 11) is 1.46. The van der Waals surface area contributed by atoms with E-state index >= 15 is 4.39 Å². The van der Waals surface area contributed by atoms with E-state index in [0.29, 0.717) is 17.8 Å². The smallest absolute Gasteiger partial charge is 0.407 e. The van der Waals surface area contributed by atoms with Crippen LogP contribution in [0.25, 0.3) is 5.69 Å². The summed E-state index contributed by atoms with van der Waals surface area (Å²) in [4.78, 5) is 34.5. The minimum atomic E-state index is -0.880. The number of primary amides is 1. The van der Waals surface area contributed by atoms with Crippen molar-refractivity contribution in [3.8, 4) is 11.6 Å². The van der Waals surface area contributed by atoms with Crippen molar-refractivity contribution in [1.29, 1.82) is 0 Å². The Morgan fingerprint density at radius 1 is 1.12 bits per heavy atom. The maximum absolute atomic E-state index is 15.2. The van der Waals surface area contributed by atoms with Crippen molar-refractivity contribution in [1.82, 2.24) is 30.3 Å². The molecule has 3 heterocycles. The number of alkyl carbamates (subject to hydrolysis) is 1. The average Bonchev–Trinajstić information content (AvgIpc) is 3.38. The molecular weight excluding hydrogens is 521 g/mol. The van der Waals surface area contributed by atoms with Gasteiger partial charge in [-0.05, 0) is 52.2 Å². The molecule has 0 aliphatic carbocycles. The Bertz CT molecular complexity index is 1330. The van der Waals surface area contributed by atoms with Crippen molar-refractivity contribution in [3.05, 3.63) is 42.1 Å². The summed E-state index contributed by atoms with van der Waals surface area (Å²) in [6.07, 6.45) is 4.42. The third-order valence-corrected chi connectivity index (χ3v) is 5.56. The van der Waals surface area contributed by atoms with Gasteiger partial charge in [0.15, 0.2) is 11.6 Å². The molecule has 3 aromatic rings. The first kappa shape index (κ1) is 30.1. The lowest BCUT2D eigenvalue weighted by atomic mass is 9.98. The van der Waals surface area contributed by atoms with Crippen LogP contribution in [0.15, 0.2) is 30.7 Å². The summed E-state index contributed by atoms with van der Waals surface area (Å²) in [6, 6.07) is 1.75. The van der Waals surface area contributed by atoms with Gasteiger partial charge in [0.25, 0.3) is 5.91 Å². The highest BCUT2D eigenvalue weighted by molar-refractivity contribution is 5.98. The molecule has 216 valence electrons. The second kappa shape index (κ2) is 12.6. The number of carbonyl (C=O) groups excluding carboxylic acids is 2. The summed E-state index contributed by atoms with van der Waals surface area (Å²) in [5, 5.41) is 17.1. The van der Waals surface area contributed by atoms with Crippen LogP contribution >= 0.6 is 0 Å². The third kappa shape index (κ3) is 8.01. The van der Waals surface area contributed by atoms with Crippen LogP contribution in [0.5, 0.6) is 5.88 Å². The van der Waals surface area contributed by atoms with E-state index in [2.05, 4.69) is 36.1 Å². The number of pyridine rings is 2. The number of aromatic nitrogens is 5. The molecule has 0 radical (unpaired) electrons. The molecule has 0 unspecified atom stereocenters. The summed E-state index contributed by atoms with van der Waals surface area (Å²) >= 11 is 0. The lowest BCUT2D eigenvalue weighted by Crippen LogP contribution is -2.47. The van der Waals surface area contributed by atoms with E-state index in [1.165, 1.54) is 30.5 Å². The number of hydrogen-bond acceptors (Lipinski definition) is 10. The first-order chi connectivity index (χ1) is 18.8. The van der Waals surface area contributed by atoms with Crippen LogP contribution in [0, 0.1) is 11.7 Å². The molecule has 0 aromatic carbocycles. The monoisotopic (exact) mass is 557 g/mol. The zero-order valence-corrected chi connectivity index (χ0v) is 23.7. The number of rotatable bonds is 11. The molecule has 0 bridgehead atoms. The van der Waals surface area contributed by atoms with E-state index in [1.807, 2.05) is 13.8 Å². The van der Waals surface area contributed by atoms with E-state index in [4.69, 9.17) is 15.2 Å². The first-order valence-electron chi connectivity index (χ1n) is 12.7. The molecule has 0 saturated heterocycles. The van der Waals surface area contributed by atoms with Gasteiger partial charge in [0.1, 0.15) is 17.1 Å². The fraction of sp³-hybridized carbons (Fsp3) is 0.462. The SMILES string of the molecule is COc1ncc(Nc2nc(N[C@H](CC(C)C)[C@H](C)NC(=O)OC(C)(C)C)c(F)cc2C(N)=O)cc1-n1nccn1. The molecule has 3 rings (SSSR count). The summed E-state index contributed by atoms with van der Waals surface area (Å²) in [5.41, 5.74) is 5.49. The Hall–Kier alpha value is -4.49. The quantitative estimate of drug-likeness (QED) is 0.272. The normalized spacial score (nSPS) is 12.9. The van der Waals surface area contributed by atoms with Gasteiger partial charge in [-0.2, -0.15) is 10.2 Å². The Labute approximate surface area is 232 Å². The molecule has 0 spiro atoms. The van der Waals surface area contributed by atoms with Gasteiger partial charge >= 0.3 is 6.09 Å². The number of hydrogen-bond donors (Lipinski definition) is 4. The minimum Gasteiger partial charge on any atom is -0.479 e. The number of methoxy groups -OCH3 is 1. The zero-order valence-electron chi connectivity index (χ0n) is 23.7. The van der Waals surface area contributed by atoms with E-state index in [9.17, 15) is 9.59 Å². The Kier molecular flexibility index (Phi) is 9.45. The van der Waals surface area contributed by atoms with Gasteiger partial charge < -0.3 is 31.2 Å². The molecule has 0 fully saturated rings. The number of halogens is 1. The van der Waals surface area contributed by atoms with Crippen LogP contribution in [0.3, 0.4) is 0 Å². The number of ether oxygens (including phenoxy) is 2. The van der Waals surface area contributed by atoms with Crippen molar-refractivity contribution in [3.63, 3.8) is 0 Å². The molecule has 2 atom stereocenters. The zero-order chi connectivity index (χ0) is 29.6. The molecule has 0 saturated carbocycles. The van der Waals surface area contributed by atoms with Crippen LogP contribution in [-0.2, 0) is 4.74 Å². The van der Waals surface area contributed by atoms with Gasteiger partial charge in [-0.15, -0.1) is 4.80 Å². The van der Waals surface area contributed by atoms with E-state index in [1.54, 1.807) is 33.8 Å². The molecule has 14 heteroatoms. The van der Waals surface area contributed by atoms with E-state index in [0.717, 1.165) is 6.07 Å². The average molecular weight is 558 g/mol. The number of amides is 2. The van der Waals surface area contributed by atoms with Gasteiger partial charge in [-0.3, -0.25) is 4.79 Å². The number of nitrogens with two attached hydrogens (primary N) is 1. The van der Waals surface area contributed by atoms with Crippen molar-refractivity contribution in [2.24, 2.45) is 11.7 Å². The van der Waals surface area contributed by atoms with Crippen LogP contribution in [-0.4, -0.2) is 61.8 Å². The standard InChI is InChI=1S/C26H36FN9O4/c1-14(2)10-19(15(3)32-25(38)40-26(4,5)6)34-23-18(27)12-17(21(28)37)22(35-23)33-16-11-20(24(39-7)29-13-16)36-30-8-9-31-36/h8-9,11-15,19H,10H2,1-7H3,(H2,28,37)(H,32,38)(H2,33,34,35)/t15-,19+/m0/s1. The summed E-state index contributed by atoms with van der Waals surface area (Å²) in [6.45, 7) is 11.1. The number of anilines is 3. The van der Waals surface area contributed by atoms with Crippen LogP contribution in [0.1, 0.15) is 58.3 Å². The highest BCUT2D eigenvalue weighted by atomic mass is 19.1. The largest absolute Gasteiger partial charge is 0.479 e. The topological polar surface area (TPSA) is 171 Å². The highest BCUT2D eigenvalue weighted by Crippen LogP contribution is 2.28. The lowest BCUT2D eigenvalue weighted by Gasteiger charge is -2.29. The summed E-state index contributed by atoms with van der Waals surface area (Å²) in [5.74, 6) is -1.34. The number of carbonyl (C=O) groups is 2. The number of nitrogens with zero attached hydrogens (tertiary/aromatic N) is 5. The van der Waals surface area contributed by atoms with Crippen LogP contribution in [0.2, 0.25) is 0 Å². The Balaban J connectivity index is 1.93. The third-order valence-electron chi connectivity index (χ3n) is 5.56. The molecule has 0 aliphatic heterocycles. The number of nitrogens with one attached hydrogen (secondary N) is 3. The fourth-order valence-electron chi connectivity index (χ4n) is 3.83. The van der Waals surface area contributed by atoms with Crippen molar-refractivity contribution < 1.29 is 23.5 Å². The summed E-state index contributed by atoms with van der Waals surface area (Å²) < 4.78 is 25.9. The molecule has 2 amide bonds. The predicted octanol–water partition coefficient (Wildman–Crippen LogP) is 3.79. The molecule has 5 N–H and O–H groups in total. The Morgan fingerprint density at radius 3 is 2.38 bits per heavy atom. The highest BCUT2D eigenvalue weighted by Gasteiger charge is 2.26. The van der Waals surface area contributed by atoms with Gasteiger partial charge in [0.05, 0.1) is 37.0 Å². The van der Waals surface area contributed by atoms with E-state index in [-0.39, 0.29) is 29.0 Å². The molecule has 40 heavy (non-hydrogen) atoms. The van der Waals surface area contributed by atoms with Gasteiger partial charge in [-0.1, -0.05) is 13.8 Å². The second-order valence-electron chi connectivity index (χ2n) is 10.6.